The quantitative estimate of drug-likeness (QED) is 0.384. The number of amides is 1. The second-order valence-electron chi connectivity index (χ2n) is 7.38. The third kappa shape index (κ3) is 7.57. The molecule has 0 aliphatic carbocycles. The second-order valence-corrected chi connectivity index (χ2v) is 10.3. The first-order valence-corrected chi connectivity index (χ1v) is 13.0. The Hall–Kier alpha value is -2.91. The van der Waals surface area contributed by atoms with E-state index in [2.05, 4.69) is 17.4 Å². The van der Waals surface area contributed by atoms with Crippen LogP contribution in [0.4, 0.5) is 20.2 Å². The van der Waals surface area contributed by atoms with Crippen molar-refractivity contribution in [3.05, 3.63) is 90.0 Å². The predicted molar refractivity (Wildman–Crippen MR) is 129 cm³/mol. The Morgan fingerprint density at radius 2 is 1.67 bits per heavy atom. The van der Waals surface area contributed by atoms with E-state index in [0.717, 1.165) is 34.0 Å². The summed E-state index contributed by atoms with van der Waals surface area (Å²) in [4.78, 5) is 13.5. The fourth-order valence-electron chi connectivity index (χ4n) is 3.10. The van der Waals surface area contributed by atoms with Crippen LogP contribution < -0.4 is 9.62 Å². The maximum atomic E-state index is 13.5. The Morgan fingerprint density at radius 1 is 0.970 bits per heavy atom. The van der Waals surface area contributed by atoms with Crippen LogP contribution in [0.25, 0.3) is 0 Å². The second kappa shape index (κ2) is 11.3. The number of sulfonamides is 1. The van der Waals surface area contributed by atoms with E-state index in [1.54, 1.807) is 11.8 Å². The Bertz CT molecular complexity index is 1190. The van der Waals surface area contributed by atoms with Crippen LogP contribution >= 0.6 is 11.8 Å². The minimum absolute atomic E-state index is 0.0146. The van der Waals surface area contributed by atoms with E-state index in [-0.39, 0.29) is 31.0 Å². The molecule has 5 nitrogen and oxygen atoms in total. The van der Waals surface area contributed by atoms with E-state index in [0.29, 0.717) is 5.69 Å². The monoisotopic (exact) mass is 490 g/mol. The van der Waals surface area contributed by atoms with E-state index in [1.165, 1.54) is 11.0 Å². The van der Waals surface area contributed by atoms with Crippen molar-refractivity contribution >= 4 is 39.1 Å². The summed E-state index contributed by atoms with van der Waals surface area (Å²) in [6.07, 6.45) is 1.26. The van der Waals surface area contributed by atoms with Crippen LogP contribution in [0, 0.1) is 11.6 Å². The Labute approximate surface area is 196 Å². The molecule has 0 heterocycles. The van der Waals surface area contributed by atoms with Crippen LogP contribution in [-0.2, 0) is 20.6 Å². The molecule has 1 N–H and O–H groups in total. The maximum Gasteiger partial charge on any atom is 0.232 e. The lowest BCUT2D eigenvalue weighted by atomic mass is 10.2. The molecule has 0 saturated carbocycles. The molecule has 0 unspecified atom stereocenters. The normalized spacial score (nSPS) is 11.2. The van der Waals surface area contributed by atoms with Crippen molar-refractivity contribution in [2.24, 2.45) is 0 Å². The van der Waals surface area contributed by atoms with Crippen LogP contribution in [-0.4, -0.2) is 27.1 Å². The molecule has 0 saturated heterocycles. The molecule has 9 heteroatoms. The van der Waals surface area contributed by atoms with Crippen LogP contribution in [0.2, 0.25) is 0 Å². The van der Waals surface area contributed by atoms with Gasteiger partial charge in [-0.05, 0) is 48.4 Å². The number of benzene rings is 3. The molecular formula is C24H24F2N2O3S2. The fourth-order valence-corrected chi connectivity index (χ4v) is 4.93. The Balaban J connectivity index is 1.50. The van der Waals surface area contributed by atoms with Crippen LogP contribution in [0.1, 0.15) is 18.4 Å². The molecule has 0 aliphatic heterocycles. The van der Waals surface area contributed by atoms with Gasteiger partial charge in [0.1, 0.15) is 0 Å². The molecule has 3 rings (SSSR count). The minimum atomic E-state index is -3.72. The standard InChI is InChI=1S/C24H24F2N2O3S2/c1-33(30,31)28(20-13-14-22(25)23(26)16-20)15-5-8-24(29)27-19-11-9-18(10-12-19)17-32-21-6-3-2-4-7-21/h2-4,6-7,9-14,16H,5,8,15,17H2,1H3,(H,27,29). The van der Waals surface area contributed by atoms with Gasteiger partial charge in [0.2, 0.25) is 15.9 Å². The molecule has 3 aromatic carbocycles. The van der Waals surface area contributed by atoms with E-state index < -0.39 is 21.7 Å². The van der Waals surface area contributed by atoms with Gasteiger partial charge >= 0.3 is 0 Å². The van der Waals surface area contributed by atoms with Gasteiger partial charge in [-0.2, -0.15) is 0 Å². The summed E-state index contributed by atoms with van der Waals surface area (Å²) in [5.41, 5.74) is 1.78. The zero-order valence-corrected chi connectivity index (χ0v) is 19.6. The molecule has 0 aliphatic rings. The SMILES string of the molecule is CS(=O)(=O)N(CCCC(=O)Nc1ccc(CSc2ccccc2)cc1)c1ccc(F)c(F)c1. The summed E-state index contributed by atoms with van der Waals surface area (Å²) < 4.78 is 51.8. The number of nitrogens with zero attached hydrogens (tertiary/aromatic N) is 1. The van der Waals surface area contributed by atoms with Gasteiger partial charge in [0.25, 0.3) is 0 Å². The van der Waals surface area contributed by atoms with Gasteiger partial charge in [-0.1, -0.05) is 30.3 Å². The highest BCUT2D eigenvalue weighted by Gasteiger charge is 2.19. The smallest absolute Gasteiger partial charge is 0.232 e. The first-order valence-electron chi connectivity index (χ1n) is 10.2. The zero-order valence-electron chi connectivity index (χ0n) is 18.0. The molecule has 0 fully saturated rings. The summed E-state index contributed by atoms with van der Waals surface area (Å²) >= 11 is 1.72. The molecule has 0 radical (unpaired) electrons. The molecule has 0 aromatic heterocycles. The third-order valence-electron chi connectivity index (χ3n) is 4.74. The summed E-state index contributed by atoms with van der Waals surface area (Å²) in [6.45, 7) is -0.0347. The van der Waals surface area contributed by atoms with Crippen molar-refractivity contribution < 1.29 is 22.0 Å². The molecule has 174 valence electrons. The van der Waals surface area contributed by atoms with E-state index >= 15 is 0 Å². The zero-order chi connectivity index (χ0) is 23.8. The van der Waals surface area contributed by atoms with Gasteiger partial charge in [0, 0.05) is 35.4 Å². The average molecular weight is 491 g/mol. The number of halogens is 2. The number of carbonyl (C=O) groups is 1. The first kappa shape index (κ1) is 24.7. The lowest BCUT2D eigenvalue weighted by Gasteiger charge is -2.22. The van der Waals surface area contributed by atoms with Crippen molar-refractivity contribution in [3.63, 3.8) is 0 Å². The van der Waals surface area contributed by atoms with E-state index in [1.807, 2.05) is 42.5 Å². The largest absolute Gasteiger partial charge is 0.326 e. The van der Waals surface area contributed by atoms with Gasteiger partial charge in [0.05, 0.1) is 11.9 Å². The summed E-state index contributed by atoms with van der Waals surface area (Å²) in [6, 6.07) is 20.5. The number of hydrogen-bond acceptors (Lipinski definition) is 4. The van der Waals surface area contributed by atoms with Crippen molar-refractivity contribution in [2.45, 2.75) is 23.5 Å². The topological polar surface area (TPSA) is 66.5 Å². The maximum absolute atomic E-state index is 13.5. The lowest BCUT2D eigenvalue weighted by molar-refractivity contribution is -0.116. The van der Waals surface area contributed by atoms with Gasteiger partial charge in [-0.25, -0.2) is 17.2 Å². The van der Waals surface area contributed by atoms with Gasteiger partial charge in [-0.3, -0.25) is 9.10 Å². The first-order chi connectivity index (χ1) is 15.7. The van der Waals surface area contributed by atoms with Crippen LogP contribution in [0.15, 0.2) is 77.7 Å². The van der Waals surface area contributed by atoms with E-state index in [9.17, 15) is 22.0 Å². The van der Waals surface area contributed by atoms with Gasteiger partial charge in [0.15, 0.2) is 11.6 Å². The fraction of sp³-hybridized carbons (Fsp3) is 0.208. The summed E-state index contributed by atoms with van der Waals surface area (Å²) in [5, 5.41) is 2.79. The summed E-state index contributed by atoms with van der Waals surface area (Å²) in [5.74, 6) is -1.65. The third-order valence-corrected chi connectivity index (χ3v) is 7.02. The molecule has 0 spiro atoms. The van der Waals surface area contributed by atoms with Crippen molar-refractivity contribution in [2.75, 3.05) is 22.4 Å². The minimum Gasteiger partial charge on any atom is -0.326 e. The highest BCUT2D eigenvalue weighted by molar-refractivity contribution is 7.98. The highest BCUT2D eigenvalue weighted by Crippen LogP contribution is 2.24. The number of nitrogens with one attached hydrogen (secondary N) is 1. The Kier molecular flexibility index (Phi) is 8.46. The van der Waals surface area contributed by atoms with Crippen LogP contribution in [0.3, 0.4) is 0 Å². The molecule has 0 atom stereocenters. The van der Waals surface area contributed by atoms with Crippen molar-refractivity contribution in [3.8, 4) is 0 Å². The molecular weight excluding hydrogens is 466 g/mol. The van der Waals surface area contributed by atoms with E-state index in [4.69, 9.17) is 0 Å². The predicted octanol–water partition coefficient (Wildman–Crippen LogP) is 5.44. The van der Waals surface area contributed by atoms with Crippen molar-refractivity contribution in [1.29, 1.82) is 0 Å². The lowest BCUT2D eigenvalue weighted by Crippen LogP contribution is -2.31. The molecule has 0 bridgehead atoms. The van der Waals surface area contributed by atoms with Crippen LogP contribution in [0.5, 0.6) is 0 Å². The van der Waals surface area contributed by atoms with Gasteiger partial charge < -0.3 is 5.32 Å². The number of anilines is 2. The van der Waals surface area contributed by atoms with Crippen molar-refractivity contribution in [1.82, 2.24) is 0 Å². The molecule has 3 aromatic rings. The number of thioether (sulfide) groups is 1. The average Bonchev–Trinajstić information content (AvgIpc) is 2.78. The molecule has 33 heavy (non-hydrogen) atoms. The number of rotatable bonds is 10. The summed E-state index contributed by atoms with van der Waals surface area (Å²) in [7, 11) is -3.72. The van der Waals surface area contributed by atoms with Gasteiger partial charge in [-0.15, -0.1) is 11.8 Å². The number of hydrogen-bond donors (Lipinski definition) is 1. The Morgan fingerprint density at radius 3 is 2.30 bits per heavy atom. The highest BCUT2D eigenvalue weighted by atomic mass is 32.2. The molecule has 1 amide bonds. The number of carbonyl (C=O) groups excluding carboxylic acids is 1.